The number of anilines is 2. The highest BCUT2D eigenvalue weighted by atomic mass is 16.5. The topological polar surface area (TPSA) is 59.1 Å². The molecule has 0 bridgehead atoms. The molecular formula is C15H26N4O. The van der Waals surface area contributed by atoms with Crippen molar-refractivity contribution in [3.05, 3.63) is 11.9 Å². The van der Waals surface area contributed by atoms with Crippen LogP contribution in [0.4, 0.5) is 11.6 Å². The molecule has 2 rings (SSSR count). The summed E-state index contributed by atoms with van der Waals surface area (Å²) in [4.78, 5) is 8.82. The second-order valence-corrected chi connectivity index (χ2v) is 5.34. The average molecular weight is 278 g/mol. The normalized spacial score (nSPS) is 21.9. The van der Waals surface area contributed by atoms with Gasteiger partial charge in [0.1, 0.15) is 18.0 Å². The number of hydrogen-bond acceptors (Lipinski definition) is 5. The molecule has 0 aromatic carbocycles. The van der Waals surface area contributed by atoms with Gasteiger partial charge in [0.25, 0.3) is 0 Å². The molecule has 1 aliphatic carbocycles. The monoisotopic (exact) mass is 278 g/mol. The lowest BCUT2D eigenvalue weighted by atomic mass is 10.1. The van der Waals surface area contributed by atoms with Crippen molar-refractivity contribution in [1.82, 2.24) is 9.97 Å². The Balaban J connectivity index is 2.11. The molecule has 0 amide bonds. The molecule has 1 heterocycles. The van der Waals surface area contributed by atoms with Gasteiger partial charge in [-0.3, -0.25) is 0 Å². The van der Waals surface area contributed by atoms with Gasteiger partial charge in [0.05, 0.1) is 6.10 Å². The van der Waals surface area contributed by atoms with Crippen LogP contribution in [-0.2, 0) is 11.2 Å². The van der Waals surface area contributed by atoms with Crippen LogP contribution in [0.5, 0.6) is 0 Å². The summed E-state index contributed by atoms with van der Waals surface area (Å²) in [6.07, 6.45) is 7.44. The summed E-state index contributed by atoms with van der Waals surface area (Å²) >= 11 is 0. The van der Waals surface area contributed by atoms with Gasteiger partial charge in [-0.25, -0.2) is 9.97 Å². The zero-order valence-corrected chi connectivity index (χ0v) is 12.8. The van der Waals surface area contributed by atoms with E-state index in [1.807, 2.05) is 0 Å². The Morgan fingerprint density at radius 2 is 2.05 bits per heavy atom. The minimum atomic E-state index is 0.386. The number of methoxy groups -OCH3 is 1. The van der Waals surface area contributed by atoms with E-state index in [9.17, 15) is 0 Å². The van der Waals surface area contributed by atoms with E-state index in [0.717, 1.165) is 50.3 Å². The first kappa shape index (κ1) is 15.0. The smallest absolute Gasteiger partial charge is 0.134 e. The summed E-state index contributed by atoms with van der Waals surface area (Å²) in [5.74, 6) is 1.95. The van der Waals surface area contributed by atoms with Gasteiger partial charge in [-0.15, -0.1) is 0 Å². The van der Waals surface area contributed by atoms with Crippen LogP contribution in [0.25, 0.3) is 0 Å². The fourth-order valence-corrected chi connectivity index (χ4v) is 2.82. The van der Waals surface area contributed by atoms with Crippen LogP contribution < -0.4 is 10.6 Å². The maximum atomic E-state index is 5.43. The third kappa shape index (κ3) is 3.60. The van der Waals surface area contributed by atoms with Crippen molar-refractivity contribution in [2.75, 3.05) is 24.3 Å². The zero-order chi connectivity index (χ0) is 14.4. The molecule has 1 aromatic heterocycles. The molecule has 0 saturated heterocycles. The van der Waals surface area contributed by atoms with E-state index in [4.69, 9.17) is 4.74 Å². The van der Waals surface area contributed by atoms with Gasteiger partial charge in [-0.1, -0.05) is 13.3 Å². The van der Waals surface area contributed by atoms with E-state index in [1.165, 1.54) is 5.56 Å². The number of hydrogen-bond donors (Lipinski definition) is 2. The van der Waals surface area contributed by atoms with E-state index in [1.54, 1.807) is 13.4 Å². The summed E-state index contributed by atoms with van der Waals surface area (Å²) in [5, 5.41) is 6.92. The first-order valence-electron chi connectivity index (χ1n) is 7.65. The van der Waals surface area contributed by atoms with E-state index < -0.39 is 0 Å². The largest absolute Gasteiger partial charge is 0.381 e. The third-order valence-electron chi connectivity index (χ3n) is 3.85. The van der Waals surface area contributed by atoms with Gasteiger partial charge in [0, 0.05) is 25.3 Å². The van der Waals surface area contributed by atoms with Crippen LogP contribution >= 0.6 is 0 Å². The molecule has 5 heteroatoms. The van der Waals surface area contributed by atoms with Crippen LogP contribution in [0.2, 0.25) is 0 Å². The number of nitrogens with zero attached hydrogens (tertiary/aromatic N) is 2. The lowest BCUT2D eigenvalue weighted by molar-refractivity contribution is 0.108. The second kappa shape index (κ2) is 7.43. The van der Waals surface area contributed by atoms with Crippen LogP contribution in [0.3, 0.4) is 0 Å². The molecule has 2 atom stereocenters. The maximum Gasteiger partial charge on any atom is 0.134 e. The predicted molar refractivity (Wildman–Crippen MR) is 82.2 cm³/mol. The fraction of sp³-hybridized carbons (Fsp3) is 0.733. The molecule has 0 aliphatic heterocycles. The Bertz CT molecular complexity index is 424. The molecule has 2 unspecified atom stereocenters. The van der Waals surface area contributed by atoms with E-state index in [2.05, 4.69) is 34.4 Å². The first-order valence-corrected chi connectivity index (χ1v) is 7.65. The van der Waals surface area contributed by atoms with Crippen molar-refractivity contribution < 1.29 is 4.74 Å². The number of nitrogens with one attached hydrogen (secondary N) is 2. The van der Waals surface area contributed by atoms with Crippen molar-refractivity contribution in [1.29, 1.82) is 0 Å². The molecule has 0 spiro atoms. The van der Waals surface area contributed by atoms with Crippen LogP contribution in [0.15, 0.2) is 6.33 Å². The van der Waals surface area contributed by atoms with Gasteiger partial charge in [-0.05, 0) is 32.6 Å². The summed E-state index contributed by atoms with van der Waals surface area (Å²) in [7, 11) is 1.80. The SMILES string of the molecule is CCCc1c(NCC)ncnc1NC1CCC(OC)C1. The van der Waals surface area contributed by atoms with Crippen LogP contribution in [-0.4, -0.2) is 35.8 Å². The standard InChI is InChI=1S/C15H26N4O/c1-4-6-13-14(16-5-2)17-10-18-15(13)19-11-7-8-12(9-11)20-3/h10-12H,4-9H2,1-3H3,(H2,16,17,18,19). The summed E-state index contributed by atoms with van der Waals surface area (Å²) < 4.78 is 5.43. The molecule has 112 valence electrons. The maximum absolute atomic E-state index is 5.43. The summed E-state index contributed by atoms with van der Waals surface area (Å²) in [6.45, 7) is 5.15. The molecule has 1 aliphatic rings. The van der Waals surface area contributed by atoms with Crippen molar-refractivity contribution in [2.45, 2.75) is 58.1 Å². The van der Waals surface area contributed by atoms with Gasteiger partial charge in [0.15, 0.2) is 0 Å². The highest BCUT2D eigenvalue weighted by Crippen LogP contribution is 2.27. The third-order valence-corrected chi connectivity index (χ3v) is 3.85. The van der Waals surface area contributed by atoms with Gasteiger partial charge in [0.2, 0.25) is 0 Å². The predicted octanol–water partition coefficient (Wildman–Crippen LogP) is 2.84. The Morgan fingerprint density at radius 1 is 1.25 bits per heavy atom. The van der Waals surface area contributed by atoms with Crippen molar-refractivity contribution in [2.24, 2.45) is 0 Å². The quantitative estimate of drug-likeness (QED) is 0.803. The van der Waals surface area contributed by atoms with E-state index in [0.29, 0.717) is 12.1 Å². The molecule has 1 fully saturated rings. The minimum absolute atomic E-state index is 0.386. The zero-order valence-electron chi connectivity index (χ0n) is 12.8. The summed E-state index contributed by atoms with van der Waals surface area (Å²) in [6, 6.07) is 0.458. The highest BCUT2D eigenvalue weighted by molar-refractivity contribution is 5.57. The number of rotatable bonds is 7. The Kier molecular flexibility index (Phi) is 5.59. The van der Waals surface area contributed by atoms with Crippen molar-refractivity contribution in [3.63, 3.8) is 0 Å². The van der Waals surface area contributed by atoms with Crippen LogP contribution in [0, 0.1) is 0 Å². The Hall–Kier alpha value is -1.36. The van der Waals surface area contributed by atoms with Gasteiger partial charge >= 0.3 is 0 Å². The average Bonchev–Trinajstić information content (AvgIpc) is 2.90. The summed E-state index contributed by atoms with van der Waals surface area (Å²) in [5.41, 5.74) is 1.21. The molecule has 0 radical (unpaired) electrons. The molecule has 1 saturated carbocycles. The number of ether oxygens (including phenoxy) is 1. The second-order valence-electron chi connectivity index (χ2n) is 5.34. The highest BCUT2D eigenvalue weighted by Gasteiger charge is 2.25. The van der Waals surface area contributed by atoms with Crippen LogP contribution in [0.1, 0.15) is 45.1 Å². The van der Waals surface area contributed by atoms with Gasteiger partial charge in [-0.2, -0.15) is 0 Å². The molecular weight excluding hydrogens is 252 g/mol. The fourth-order valence-electron chi connectivity index (χ4n) is 2.82. The molecule has 5 nitrogen and oxygen atoms in total. The Labute approximate surface area is 121 Å². The Morgan fingerprint density at radius 3 is 2.70 bits per heavy atom. The van der Waals surface area contributed by atoms with E-state index in [-0.39, 0.29) is 0 Å². The first-order chi connectivity index (χ1) is 9.78. The lowest BCUT2D eigenvalue weighted by Crippen LogP contribution is -2.20. The minimum Gasteiger partial charge on any atom is -0.381 e. The van der Waals surface area contributed by atoms with E-state index >= 15 is 0 Å². The van der Waals surface area contributed by atoms with Gasteiger partial charge < -0.3 is 15.4 Å². The number of aromatic nitrogens is 2. The molecule has 20 heavy (non-hydrogen) atoms. The lowest BCUT2D eigenvalue weighted by Gasteiger charge is -2.18. The molecule has 1 aromatic rings. The molecule has 2 N–H and O–H groups in total. The van der Waals surface area contributed by atoms with Crippen molar-refractivity contribution in [3.8, 4) is 0 Å². The van der Waals surface area contributed by atoms with Crippen molar-refractivity contribution >= 4 is 11.6 Å².